The van der Waals surface area contributed by atoms with Gasteiger partial charge < -0.3 is 10.4 Å². The molecule has 0 aliphatic rings. The van der Waals surface area contributed by atoms with Crippen LogP contribution < -0.4 is 5.32 Å². The number of amides is 1. The molecule has 2 N–H and O–H groups in total. The van der Waals surface area contributed by atoms with Crippen molar-refractivity contribution in [2.24, 2.45) is 0 Å². The normalized spacial score (nSPS) is 9.70. The van der Waals surface area contributed by atoms with Gasteiger partial charge in [-0.05, 0) is 18.2 Å². The van der Waals surface area contributed by atoms with Crippen LogP contribution in [-0.4, -0.2) is 32.4 Å². The van der Waals surface area contributed by atoms with Gasteiger partial charge in [0.15, 0.2) is 0 Å². The molecule has 1 aromatic heterocycles. The van der Waals surface area contributed by atoms with Gasteiger partial charge in [-0.1, -0.05) is 23.4 Å². The van der Waals surface area contributed by atoms with Gasteiger partial charge >= 0.3 is 0 Å². The van der Waals surface area contributed by atoms with Crippen molar-refractivity contribution in [1.29, 1.82) is 0 Å². The van der Waals surface area contributed by atoms with Crippen molar-refractivity contribution in [3.63, 3.8) is 0 Å². The molecule has 0 saturated heterocycles. The Hall–Kier alpha value is -2.36. The Kier molecular flexibility index (Phi) is 4.71. The van der Waals surface area contributed by atoms with Gasteiger partial charge in [-0.25, -0.2) is 9.67 Å². The zero-order chi connectivity index (χ0) is 14.4. The summed E-state index contributed by atoms with van der Waals surface area (Å²) in [6.45, 7) is -0.181. The molecule has 1 amide bonds. The van der Waals surface area contributed by atoms with Crippen molar-refractivity contribution in [3.05, 3.63) is 41.4 Å². The fourth-order valence-corrected chi connectivity index (χ4v) is 1.66. The highest BCUT2D eigenvalue weighted by molar-refractivity contribution is 6.33. The molecule has 2 rings (SSSR count). The predicted molar refractivity (Wildman–Crippen MR) is 74.1 cm³/mol. The number of halogens is 1. The number of anilines is 1. The first-order valence-corrected chi connectivity index (χ1v) is 6.08. The van der Waals surface area contributed by atoms with Gasteiger partial charge in [0, 0.05) is 5.56 Å². The lowest BCUT2D eigenvalue weighted by atomic mass is 10.2. The van der Waals surface area contributed by atoms with E-state index in [1.54, 1.807) is 18.2 Å². The van der Waals surface area contributed by atoms with E-state index in [1.165, 1.54) is 17.3 Å². The minimum Gasteiger partial charge on any atom is -0.384 e. The fraction of sp³-hybridized carbons (Fsp3) is 0.154. The van der Waals surface area contributed by atoms with Crippen LogP contribution in [0, 0.1) is 11.8 Å². The van der Waals surface area contributed by atoms with E-state index >= 15 is 0 Å². The van der Waals surface area contributed by atoms with Crippen molar-refractivity contribution < 1.29 is 9.90 Å². The second-order valence-corrected chi connectivity index (χ2v) is 4.20. The molecule has 1 heterocycles. The van der Waals surface area contributed by atoms with E-state index in [0.717, 1.165) is 0 Å². The van der Waals surface area contributed by atoms with Gasteiger partial charge in [0.1, 0.15) is 25.8 Å². The number of nitrogens with one attached hydrogen (secondary N) is 1. The molecular formula is C13H11ClN4O2. The van der Waals surface area contributed by atoms with Crippen LogP contribution in [0.15, 0.2) is 30.9 Å². The number of rotatable bonds is 3. The molecule has 7 heteroatoms. The van der Waals surface area contributed by atoms with Crippen LogP contribution in [0.4, 0.5) is 5.69 Å². The van der Waals surface area contributed by atoms with Crippen LogP contribution in [0.2, 0.25) is 5.02 Å². The maximum atomic E-state index is 11.8. The van der Waals surface area contributed by atoms with Crippen LogP contribution in [-0.2, 0) is 11.3 Å². The Morgan fingerprint density at radius 1 is 1.50 bits per heavy atom. The summed E-state index contributed by atoms with van der Waals surface area (Å²) >= 11 is 6.01. The van der Waals surface area contributed by atoms with Crippen LogP contribution in [0.5, 0.6) is 0 Å². The molecule has 20 heavy (non-hydrogen) atoms. The molecule has 0 aliphatic heterocycles. The van der Waals surface area contributed by atoms with Gasteiger partial charge in [-0.15, -0.1) is 0 Å². The molecule has 102 valence electrons. The summed E-state index contributed by atoms with van der Waals surface area (Å²) in [5, 5.41) is 15.6. The lowest BCUT2D eigenvalue weighted by Crippen LogP contribution is -2.19. The third-order valence-electron chi connectivity index (χ3n) is 2.32. The van der Waals surface area contributed by atoms with Crippen molar-refractivity contribution in [2.75, 3.05) is 11.9 Å². The molecule has 0 bridgehead atoms. The molecule has 0 fully saturated rings. The quantitative estimate of drug-likeness (QED) is 0.824. The summed E-state index contributed by atoms with van der Waals surface area (Å²) in [6.07, 6.45) is 2.80. The van der Waals surface area contributed by atoms with Gasteiger partial charge in [0.05, 0.1) is 10.7 Å². The maximum absolute atomic E-state index is 11.8. The number of carbonyl (C=O) groups is 1. The Morgan fingerprint density at radius 3 is 3.05 bits per heavy atom. The molecule has 2 aromatic rings. The Bertz CT molecular complexity index is 659. The van der Waals surface area contributed by atoms with E-state index < -0.39 is 0 Å². The molecule has 0 aliphatic carbocycles. The largest absolute Gasteiger partial charge is 0.384 e. The number of benzene rings is 1. The number of aliphatic hydroxyl groups excluding tert-OH is 1. The average Bonchev–Trinajstić information content (AvgIpc) is 2.92. The summed E-state index contributed by atoms with van der Waals surface area (Å²) in [6, 6.07) is 4.98. The summed E-state index contributed by atoms with van der Waals surface area (Å²) < 4.78 is 1.40. The van der Waals surface area contributed by atoms with Crippen molar-refractivity contribution in [3.8, 4) is 11.8 Å². The highest BCUT2D eigenvalue weighted by atomic mass is 35.5. The summed E-state index contributed by atoms with van der Waals surface area (Å²) in [5.74, 6) is 5.00. The second-order valence-electron chi connectivity index (χ2n) is 3.80. The average molecular weight is 291 g/mol. The molecule has 0 unspecified atom stereocenters. The van der Waals surface area contributed by atoms with E-state index in [9.17, 15) is 4.79 Å². The molecule has 0 spiro atoms. The lowest BCUT2D eigenvalue weighted by molar-refractivity contribution is -0.116. The SMILES string of the molecule is O=C(Cn1cncn1)Nc1cc(C#CCO)ccc1Cl. The third-order valence-corrected chi connectivity index (χ3v) is 2.65. The van der Waals surface area contributed by atoms with E-state index in [2.05, 4.69) is 27.2 Å². The molecular weight excluding hydrogens is 280 g/mol. The Labute approximate surface area is 120 Å². The fourth-order valence-electron chi connectivity index (χ4n) is 1.49. The number of nitrogens with zero attached hydrogens (tertiary/aromatic N) is 3. The van der Waals surface area contributed by atoms with Gasteiger partial charge in [-0.2, -0.15) is 5.10 Å². The highest BCUT2D eigenvalue weighted by Gasteiger charge is 2.07. The summed E-state index contributed by atoms with van der Waals surface area (Å²) in [5.41, 5.74) is 1.11. The molecule has 0 atom stereocenters. The van der Waals surface area contributed by atoms with Crippen molar-refractivity contribution in [1.82, 2.24) is 14.8 Å². The van der Waals surface area contributed by atoms with E-state index in [-0.39, 0.29) is 19.1 Å². The number of hydrogen-bond donors (Lipinski definition) is 2. The second kappa shape index (κ2) is 6.70. The van der Waals surface area contributed by atoms with Gasteiger partial charge in [-0.3, -0.25) is 4.79 Å². The molecule has 1 aromatic carbocycles. The minimum absolute atomic E-state index is 0.0445. The Balaban J connectivity index is 2.09. The van der Waals surface area contributed by atoms with Crippen LogP contribution >= 0.6 is 11.6 Å². The molecule has 0 radical (unpaired) electrons. The summed E-state index contributed by atoms with van der Waals surface area (Å²) in [7, 11) is 0. The van der Waals surface area contributed by atoms with Crippen molar-refractivity contribution in [2.45, 2.75) is 6.54 Å². The van der Waals surface area contributed by atoms with E-state index in [0.29, 0.717) is 16.3 Å². The van der Waals surface area contributed by atoms with Gasteiger partial charge in [0.2, 0.25) is 5.91 Å². The third kappa shape index (κ3) is 3.82. The van der Waals surface area contributed by atoms with Crippen molar-refractivity contribution >= 4 is 23.2 Å². The molecule has 0 saturated carbocycles. The monoisotopic (exact) mass is 290 g/mol. The maximum Gasteiger partial charge on any atom is 0.246 e. The summed E-state index contributed by atoms with van der Waals surface area (Å²) in [4.78, 5) is 15.6. The highest BCUT2D eigenvalue weighted by Crippen LogP contribution is 2.22. The first-order valence-electron chi connectivity index (χ1n) is 5.70. The van der Waals surface area contributed by atoms with Crippen LogP contribution in [0.25, 0.3) is 0 Å². The topological polar surface area (TPSA) is 80.0 Å². The first-order chi connectivity index (χ1) is 9.69. The van der Waals surface area contributed by atoms with E-state index in [4.69, 9.17) is 16.7 Å². The predicted octanol–water partition coefficient (Wildman–Crippen LogP) is 0.914. The molecule has 6 nitrogen and oxygen atoms in total. The lowest BCUT2D eigenvalue weighted by Gasteiger charge is -2.07. The zero-order valence-electron chi connectivity index (χ0n) is 10.4. The number of aromatic nitrogens is 3. The minimum atomic E-state index is -0.273. The Morgan fingerprint density at radius 2 is 2.35 bits per heavy atom. The zero-order valence-corrected chi connectivity index (χ0v) is 11.1. The smallest absolute Gasteiger partial charge is 0.246 e. The van der Waals surface area contributed by atoms with Crippen LogP contribution in [0.1, 0.15) is 5.56 Å². The van der Waals surface area contributed by atoms with E-state index in [1.807, 2.05) is 0 Å². The number of aliphatic hydroxyl groups is 1. The number of hydrogen-bond acceptors (Lipinski definition) is 4. The van der Waals surface area contributed by atoms with Crippen LogP contribution in [0.3, 0.4) is 0 Å². The standard InChI is InChI=1S/C13H11ClN4O2/c14-11-4-3-10(2-1-5-19)6-12(11)17-13(20)7-18-9-15-8-16-18/h3-4,6,8-9,19H,5,7H2,(H,17,20). The number of carbonyl (C=O) groups excluding carboxylic acids is 1. The van der Waals surface area contributed by atoms with Gasteiger partial charge in [0.25, 0.3) is 0 Å². The first kappa shape index (κ1) is 14.1.